The molecule has 0 radical (unpaired) electrons. The van der Waals surface area contributed by atoms with Crippen molar-refractivity contribution >= 4 is 16.9 Å². The maximum absolute atomic E-state index is 11.9. The summed E-state index contributed by atoms with van der Waals surface area (Å²) in [5, 5.41) is 0. The predicted molar refractivity (Wildman–Crippen MR) is 66.1 cm³/mol. The minimum atomic E-state index is -0.218. The van der Waals surface area contributed by atoms with Crippen LogP contribution < -0.4 is 11.4 Å². The largest absolute Gasteiger partial charge is 0.399 e. The molecular weight excluding hydrogens is 216 g/mol. The third kappa shape index (κ3) is 1.48. The molecule has 0 bridgehead atoms. The summed E-state index contributed by atoms with van der Waals surface area (Å²) in [4.78, 5) is 18.8. The highest BCUT2D eigenvalue weighted by Crippen LogP contribution is 2.14. The zero-order valence-electron chi connectivity index (χ0n) is 8.92. The number of anilines is 1. The van der Waals surface area contributed by atoms with Crippen molar-refractivity contribution in [2.45, 2.75) is 0 Å². The van der Waals surface area contributed by atoms with E-state index in [1.807, 2.05) is 12.1 Å². The van der Waals surface area contributed by atoms with Crippen LogP contribution in [-0.2, 0) is 0 Å². The van der Waals surface area contributed by atoms with E-state index in [4.69, 9.17) is 5.73 Å². The Labute approximate surface area is 96.5 Å². The lowest BCUT2D eigenvalue weighted by molar-refractivity contribution is 1.00. The molecule has 17 heavy (non-hydrogen) atoms. The van der Waals surface area contributed by atoms with E-state index in [0.717, 1.165) is 0 Å². The summed E-state index contributed by atoms with van der Waals surface area (Å²) in [5.74, 6) is 0. The van der Waals surface area contributed by atoms with Gasteiger partial charge in [0.05, 0.1) is 11.2 Å². The quantitative estimate of drug-likeness (QED) is 0.614. The van der Waals surface area contributed by atoms with Crippen LogP contribution in [0.5, 0.6) is 0 Å². The lowest BCUT2D eigenvalue weighted by atomic mass is 10.3. The van der Waals surface area contributed by atoms with Crippen LogP contribution in [-0.4, -0.2) is 14.5 Å². The third-order valence-corrected chi connectivity index (χ3v) is 2.57. The van der Waals surface area contributed by atoms with E-state index in [9.17, 15) is 4.79 Å². The number of nitrogens with one attached hydrogen (secondary N) is 1. The summed E-state index contributed by atoms with van der Waals surface area (Å²) in [6.45, 7) is 0. The average Bonchev–Trinajstić information content (AvgIpc) is 2.64. The molecule has 84 valence electrons. The number of rotatable bonds is 1. The van der Waals surface area contributed by atoms with Gasteiger partial charge in [0.2, 0.25) is 0 Å². The van der Waals surface area contributed by atoms with Crippen LogP contribution >= 0.6 is 0 Å². The zero-order chi connectivity index (χ0) is 11.8. The standard InChI is InChI=1S/C12H10N4O/c13-8-3-1-4-9(7-8)16-11-10(15-12(16)17)5-2-6-14-11/h1-7H,13H2,(H,15,17). The highest BCUT2D eigenvalue weighted by Gasteiger charge is 2.08. The van der Waals surface area contributed by atoms with E-state index in [1.54, 1.807) is 30.5 Å². The Morgan fingerprint density at radius 1 is 1.24 bits per heavy atom. The fraction of sp³-hybridized carbons (Fsp3) is 0. The Morgan fingerprint density at radius 2 is 2.12 bits per heavy atom. The average molecular weight is 226 g/mol. The van der Waals surface area contributed by atoms with Gasteiger partial charge in [-0.05, 0) is 30.3 Å². The first-order valence-electron chi connectivity index (χ1n) is 5.17. The number of benzene rings is 1. The van der Waals surface area contributed by atoms with Gasteiger partial charge in [-0.3, -0.25) is 0 Å². The van der Waals surface area contributed by atoms with Gasteiger partial charge in [0.25, 0.3) is 0 Å². The van der Waals surface area contributed by atoms with Crippen LogP contribution in [0.3, 0.4) is 0 Å². The molecule has 2 aromatic heterocycles. The number of nitrogens with two attached hydrogens (primary N) is 1. The minimum absolute atomic E-state index is 0.218. The number of hydrogen-bond donors (Lipinski definition) is 2. The molecule has 0 aliphatic heterocycles. The molecule has 0 atom stereocenters. The van der Waals surface area contributed by atoms with Crippen molar-refractivity contribution in [2.24, 2.45) is 0 Å². The third-order valence-electron chi connectivity index (χ3n) is 2.57. The first-order chi connectivity index (χ1) is 8.25. The molecule has 0 saturated carbocycles. The van der Waals surface area contributed by atoms with E-state index in [-0.39, 0.29) is 5.69 Å². The Bertz CT molecular complexity index is 741. The second-order valence-corrected chi connectivity index (χ2v) is 3.74. The van der Waals surface area contributed by atoms with Gasteiger partial charge in [-0.15, -0.1) is 0 Å². The molecule has 0 fully saturated rings. The molecule has 3 rings (SSSR count). The Kier molecular flexibility index (Phi) is 1.98. The van der Waals surface area contributed by atoms with Crippen molar-refractivity contribution in [2.75, 3.05) is 5.73 Å². The fourth-order valence-electron chi connectivity index (χ4n) is 1.84. The number of pyridine rings is 1. The van der Waals surface area contributed by atoms with Gasteiger partial charge in [0, 0.05) is 11.9 Å². The molecule has 1 aromatic carbocycles. The Hall–Kier alpha value is -2.56. The molecule has 5 heteroatoms. The summed E-state index contributed by atoms with van der Waals surface area (Å²) in [6.07, 6.45) is 1.65. The maximum Gasteiger partial charge on any atom is 0.332 e. The van der Waals surface area contributed by atoms with Gasteiger partial charge >= 0.3 is 5.69 Å². The Morgan fingerprint density at radius 3 is 2.94 bits per heavy atom. The number of aromatic nitrogens is 3. The molecule has 5 nitrogen and oxygen atoms in total. The van der Waals surface area contributed by atoms with Crippen LogP contribution in [0.2, 0.25) is 0 Å². The van der Waals surface area contributed by atoms with Gasteiger partial charge in [0.1, 0.15) is 0 Å². The number of H-pyrrole nitrogens is 1. The topological polar surface area (TPSA) is 76.7 Å². The lowest BCUT2D eigenvalue weighted by Gasteiger charge is -2.02. The van der Waals surface area contributed by atoms with E-state index >= 15 is 0 Å². The van der Waals surface area contributed by atoms with Gasteiger partial charge in [-0.25, -0.2) is 14.3 Å². The number of nitrogen functional groups attached to an aromatic ring is 1. The molecule has 2 heterocycles. The van der Waals surface area contributed by atoms with Crippen LogP contribution in [0, 0.1) is 0 Å². The van der Waals surface area contributed by atoms with Crippen molar-refractivity contribution in [3.05, 3.63) is 53.1 Å². The molecule has 3 N–H and O–H groups in total. The maximum atomic E-state index is 11.9. The normalized spacial score (nSPS) is 10.8. The van der Waals surface area contributed by atoms with Crippen molar-refractivity contribution in [1.82, 2.24) is 14.5 Å². The monoisotopic (exact) mass is 226 g/mol. The number of aromatic amines is 1. The lowest BCUT2D eigenvalue weighted by Crippen LogP contribution is -2.15. The molecular formula is C12H10N4O. The van der Waals surface area contributed by atoms with Crippen LogP contribution in [0.1, 0.15) is 0 Å². The van der Waals surface area contributed by atoms with Gasteiger partial charge < -0.3 is 10.7 Å². The zero-order valence-corrected chi connectivity index (χ0v) is 8.92. The summed E-state index contributed by atoms with van der Waals surface area (Å²) in [6, 6.07) is 10.7. The smallest absolute Gasteiger partial charge is 0.332 e. The molecule has 0 aliphatic rings. The van der Waals surface area contributed by atoms with Crippen molar-refractivity contribution in [3.8, 4) is 5.69 Å². The van der Waals surface area contributed by atoms with E-state index in [1.165, 1.54) is 4.57 Å². The molecule has 0 aliphatic carbocycles. The van der Waals surface area contributed by atoms with E-state index in [0.29, 0.717) is 22.5 Å². The molecule has 0 saturated heterocycles. The predicted octanol–water partition coefficient (Wildman–Crippen LogP) is 1.30. The Balaban J connectivity index is 2.37. The highest BCUT2D eigenvalue weighted by atomic mass is 16.1. The summed E-state index contributed by atoms with van der Waals surface area (Å²) < 4.78 is 1.51. The highest BCUT2D eigenvalue weighted by molar-refractivity contribution is 5.72. The van der Waals surface area contributed by atoms with E-state index in [2.05, 4.69) is 9.97 Å². The second kappa shape index (κ2) is 3.48. The molecule has 0 amide bonds. The number of hydrogen-bond acceptors (Lipinski definition) is 3. The van der Waals surface area contributed by atoms with E-state index < -0.39 is 0 Å². The number of fused-ring (bicyclic) bond motifs is 1. The summed E-state index contributed by atoms with van der Waals surface area (Å²) >= 11 is 0. The van der Waals surface area contributed by atoms with Gasteiger partial charge in [0.15, 0.2) is 5.65 Å². The van der Waals surface area contributed by atoms with Crippen LogP contribution in [0.4, 0.5) is 5.69 Å². The van der Waals surface area contributed by atoms with Crippen LogP contribution in [0.15, 0.2) is 47.4 Å². The molecule has 3 aromatic rings. The van der Waals surface area contributed by atoms with Crippen molar-refractivity contribution in [3.63, 3.8) is 0 Å². The number of imidazole rings is 1. The SMILES string of the molecule is Nc1cccc(-n2c(=O)[nH]c3cccnc32)c1. The van der Waals surface area contributed by atoms with Gasteiger partial charge in [-0.2, -0.15) is 0 Å². The summed E-state index contributed by atoms with van der Waals surface area (Å²) in [5.41, 5.74) is 8.12. The molecule has 0 spiro atoms. The van der Waals surface area contributed by atoms with Crippen molar-refractivity contribution < 1.29 is 0 Å². The number of nitrogens with zero attached hydrogens (tertiary/aromatic N) is 2. The fourth-order valence-corrected chi connectivity index (χ4v) is 1.84. The first-order valence-corrected chi connectivity index (χ1v) is 5.17. The first kappa shape index (κ1) is 9.65. The van der Waals surface area contributed by atoms with Gasteiger partial charge in [-0.1, -0.05) is 6.07 Å². The van der Waals surface area contributed by atoms with Crippen LogP contribution in [0.25, 0.3) is 16.9 Å². The molecule has 0 unspecified atom stereocenters. The van der Waals surface area contributed by atoms with Crippen molar-refractivity contribution in [1.29, 1.82) is 0 Å². The second-order valence-electron chi connectivity index (χ2n) is 3.74. The minimum Gasteiger partial charge on any atom is -0.399 e. The summed E-state index contributed by atoms with van der Waals surface area (Å²) in [7, 11) is 0.